The van der Waals surface area contributed by atoms with Crippen molar-refractivity contribution in [2.75, 3.05) is 19.0 Å². The quantitative estimate of drug-likeness (QED) is 0.775. The van der Waals surface area contributed by atoms with E-state index in [1.54, 1.807) is 11.3 Å². The highest BCUT2D eigenvalue weighted by atomic mass is 32.1. The van der Waals surface area contributed by atoms with Gasteiger partial charge in [0.25, 0.3) is 0 Å². The van der Waals surface area contributed by atoms with Gasteiger partial charge >= 0.3 is 0 Å². The van der Waals surface area contributed by atoms with Gasteiger partial charge in [0.15, 0.2) is 5.82 Å². The highest BCUT2D eigenvalue weighted by Gasteiger charge is 2.14. The van der Waals surface area contributed by atoms with Crippen LogP contribution in [-0.2, 0) is 11.3 Å². The van der Waals surface area contributed by atoms with Crippen LogP contribution in [0.4, 0.5) is 5.82 Å². The Hall–Kier alpha value is -1.98. The van der Waals surface area contributed by atoms with E-state index in [-0.39, 0.29) is 0 Å². The molecule has 0 aliphatic carbocycles. The third-order valence-corrected chi connectivity index (χ3v) is 4.11. The van der Waals surface area contributed by atoms with Crippen LogP contribution >= 0.6 is 11.3 Å². The van der Waals surface area contributed by atoms with Crippen molar-refractivity contribution in [3.8, 4) is 11.1 Å². The summed E-state index contributed by atoms with van der Waals surface area (Å²) in [6.07, 6.45) is 0. The molecule has 21 heavy (non-hydrogen) atoms. The third-order valence-electron chi connectivity index (χ3n) is 3.24. The number of hydrogen-bond acceptors (Lipinski definition) is 5. The molecule has 0 bridgehead atoms. The van der Waals surface area contributed by atoms with Gasteiger partial charge < -0.3 is 10.1 Å². The molecule has 0 saturated heterocycles. The Kier molecular flexibility index (Phi) is 4.13. The molecule has 1 N–H and O–H groups in total. The first-order chi connectivity index (χ1) is 10.3. The SMILES string of the molecule is CCOCc1nc(NC)c2c(-c3ccccc3)csc2n1. The van der Waals surface area contributed by atoms with Gasteiger partial charge in [0.1, 0.15) is 17.3 Å². The van der Waals surface area contributed by atoms with Crippen LogP contribution in [0, 0.1) is 0 Å². The molecule has 1 aromatic carbocycles. The lowest BCUT2D eigenvalue weighted by Gasteiger charge is -2.07. The topological polar surface area (TPSA) is 47.0 Å². The molecule has 4 nitrogen and oxygen atoms in total. The normalized spacial score (nSPS) is 11.0. The lowest BCUT2D eigenvalue weighted by atomic mass is 10.1. The summed E-state index contributed by atoms with van der Waals surface area (Å²) >= 11 is 1.64. The molecule has 5 heteroatoms. The van der Waals surface area contributed by atoms with Crippen molar-refractivity contribution < 1.29 is 4.74 Å². The third kappa shape index (κ3) is 2.75. The number of thiophene rings is 1. The summed E-state index contributed by atoms with van der Waals surface area (Å²) in [6.45, 7) is 3.08. The second-order valence-corrected chi connectivity index (χ2v) is 5.43. The first kappa shape index (κ1) is 14.0. The summed E-state index contributed by atoms with van der Waals surface area (Å²) in [7, 11) is 1.89. The molecule has 0 amide bonds. The highest BCUT2D eigenvalue weighted by Crippen LogP contribution is 2.36. The summed E-state index contributed by atoms with van der Waals surface area (Å²) in [5.74, 6) is 1.57. The Morgan fingerprint density at radius 3 is 2.71 bits per heavy atom. The zero-order valence-corrected chi connectivity index (χ0v) is 12.9. The fourth-order valence-corrected chi connectivity index (χ4v) is 3.22. The second-order valence-electron chi connectivity index (χ2n) is 4.57. The molecule has 0 atom stereocenters. The van der Waals surface area contributed by atoms with Gasteiger partial charge in [0.2, 0.25) is 0 Å². The molecule has 2 heterocycles. The van der Waals surface area contributed by atoms with Gasteiger partial charge in [-0.05, 0) is 12.5 Å². The van der Waals surface area contributed by atoms with Crippen LogP contribution in [0.25, 0.3) is 21.3 Å². The van der Waals surface area contributed by atoms with Gasteiger partial charge in [-0.2, -0.15) is 0 Å². The van der Waals surface area contributed by atoms with Crippen LogP contribution in [0.2, 0.25) is 0 Å². The maximum Gasteiger partial charge on any atom is 0.158 e. The maximum atomic E-state index is 5.41. The van der Waals surface area contributed by atoms with Gasteiger partial charge in [-0.3, -0.25) is 0 Å². The molecule has 0 radical (unpaired) electrons. The van der Waals surface area contributed by atoms with E-state index in [0.717, 1.165) is 21.9 Å². The Morgan fingerprint density at radius 1 is 1.19 bits per heavy atom. The number of rotatable bonds is 5. The molecule has 0 unspecified atom stereocenters. The van der Waals surface area contributed by atoms with Crippen LogP contribution < -0.4 is 5.32 Å². The van der Waals surface area contributed by atoms with Crippen LogP contribution in [-0.4, -0.2) is 23.6 Å². The average molecular weight is 299 g/mol. The Morgan fingerprint density at radius 2 is 2.00 bits per heavy atom. The minimum atomic E-state index is 0.444. The standard InChI is InChI=1S/C16H17N3OS/c1-3-20-9-13-18-15(17-2)14-12(10-21-16(14)19-13)11-7-5-4-6-8-11/h4-8,10H,3,9H2,1-2H3,(H,17,18,19). The van der Waals surface area contributed by atoms with E-state index < -0.39 is 0 Å². The minimum absolute atomic E-state index is 0.444. The van der Waals surface area contributed by atoms with E-state index >= 15 is 0 Å². The molecule has 0 spiro atoms. The number of benzene rings is 1. The number of aromatic nitrogens is 2. The van der Waals surface area contributed by atoms with Crippen molar-refractivity contribution in [3.63, 3.8) is 0 Å². The number of anilines is 1. The zero-order valence-electron chi connectivity index (χ0n) is 12.1. The summed E-state index contributed by atoms with van der Waals surface area (Å²) in [5, 5.41) is 6.40. The van der Waals surface area contributed by atoms with Gasteiger partial charge in [-0.1, -0.05) is 30.3 Å². The van der Waals surface area contributed by atoms with Crippen molar-refractivity contribution in [1.29, 1.82) is 0 Å². The van der Waals surface area contributed by atoms with Crippen molar-refractivity contribution in [1.82, 2.24) is 9.97 Å². The highest BCUT2D eigenvalue weighted by molar-refractivity contribution is 7.17. The Bertz CT molecular complexity index is 740. The van der Waals surface area contributed by atoms with E-state index in [1.807, 2.05) is 32.2 Å². The smallest absolute Gasteiger partial charge is 0.158 e. The summed E-state index contributed by atoms with van der Waals surface area (Å²) in [5.41, 5.74) is 2.35. The molecule has 0 saturated carbocycles. The minimum Gasteiger partial charge on any atom is -0.374 e. The first-order valence-corrected chi connectivity index (χ1v) is 7.80. The Balaban J connectivity index is 2.13. The van der Waals surface area contributed by atoms with Crippen LogP contribution in [0.3, 0.4) is 0 Å². The van der Waals surface area contributed by atoms with Gasteiger partial charge in [-0.15, -0.1) is 11.3 Å². The first-order valence-electron chi connectivity index (χ1n) is 6.92. The Labute approximate surface area is 127 Å². The molecule has 3 rings (SSSR count). The number of nitrogens with zero attached hydrogens (tertiary/aromatic N) is 2. The summed E-state index contributed by atoms with van der Waals surface area (Å²) < 4.78 is 5.41. The number of ether oxygens (including phenoxy) is 1. The second kappa shape index (κ2) is 6.20. The predicted molar refractivity (Wildman–Crippen MR) is 87.7 cm³/mol. The van der Waals surface area contributed by atoms with Crippen LogP contribution in [0.15, 0.2) is 35.7 Å². The largest absolute Gasteiger partial charge is 0.374 e. The maximum absolute atomic E-state index is 5.41. The molecular formula is C16H17N3OS. The molecule has 2 aromatic heterocycles. The lowest BCUT2D eigenvalue weighted by molar-refractivity contribution is 0.128. The predicted octanol–water partition coefficient (Wildman–Crippen LogP) is 3.94. The average Bonchev–Trinajstić information content (AvgIpc) is 2.97. The molecular weight excluding hydrogens is 282 g/mol. The number of nitrogens with one attached hydrogen (secondary N) is 1. The monoisotopic (exact) mass is 299 g/mol. The molecule has 108 valence electrons. The van der Waals surface area contributed by atoms with E-state index in [2.05, 4.69) is 32.8 Å². The molecule has 3 aromatic rings. The van der Waals surface area contributed by atoms with E-state index in [0.29, 0.717) is 13.2 Å². The molecule has 0 aliphatic heterocycles. The van der Waals surface area contributed by atoms with Gasteiger partial charge in [0, 0.05) is 24.6 Å². The van der Waals surface area contributed by atoms with E-state index in [4.69, 9.17) is 4.74 Å². The van der Waals surface area contributed by atoms with Crippen LogP contribution in [0.5, 0.6) is 0 Å². The molecule has 0 aliphatic rings. The fourth-order valence-electron chi connectivity index (χ4n) is 2.25. The van der Waals surface area contributed by atoms with Crippen molar-refractivity contribution in [2.24, 2.45) is 0 Å². The summed E-state index contributed by atoms with van der Waals surface area (Å²) in [6, 6.07) is 10.3. The fraction of sp³-hybridized carbons (Fsp3) is 0.250. The van der Waals surface area contributed by atoms with Crippen molar-refractivity contribution in [2.45, 2.75) is 13.5 Å². The molecule has 0 fully saturated rings. The van der Waals surface area contributed by atoms with E-state index in [9.17, 15) is 0 Å². The number of fused-ring (bicyclic) bond motifs is 1. The lowest BCUT2D eigenvalue weighted by Crippen LogP contribution is -2.03. The van der Waals surface area contributed by atoms with E-state index in [1.165, 1.54) is 11.1 Å². The van der Waals surface area contributed by atoms with Crippen molar-refractivity contribution in [3.05, 3.63) is 41.5 Å². The van der Waals surface area contributed by atoms with Gasteiger partial charge in [0.05, 0.1) is 5.39 Å². The zero-order chi connectivity index (χ0) is 14.7. The van der Waals surface area contributed by atoms with Gasteiger partial charge in [-0.25, -0.2) is 9.97 Å². The van der Waals surface area contributed by atoms with Crippen molar-refractivity contribution >= 4 is 27.4 Å². The van der Waals surface area contributed by atoms with Crippen LogP contribution in [0.1, 0.15) is 12.7 Å². The summed E-state index contributed by atoms with van der Waals surface area (Å²) in [4.78, 5) is 10.2. The number of hydrogen-bond donors (Lipinski definition) is 1.